The Kier molecular flexibility index (Phi) is 16.9. The maximum atomic E-state index is 13.0. The smallest absolute Gasteiger partial charge is 0.480 e. The number of hydrogen-bond acceptors (Lipinski definition) is 10. The third-order valence-corrected chi connectivity index (χ3v) is 8.62. The van der Waals surface area contributed by atoms with Crippen LogP contribution in [0.25, 0.3) is 0 Å². The third-order valence-electron chi connectivity index (χ3n) is 8.62. The van der Waals surface area contributed by atoms with E-state index in [1.807, 2.05) is 36.4 Å². The van der Waals surface area contributed by atoms with Gasteiger partial charge in [-0.3, -0.25) is 48.8 Å². The standard InChI is InChI=1S/C35H45N7O7.Mn/c43-32(44)23-41(30-9-1-2-10-31(30)42(24-33(45)46)25-34(47)48)19-14-28-12-11-26(21-39-28)35(49)38-17-20-40(22-29-8-4-6-16-37-29)18-13-27-7-3-5-15-36-27;/h3-8,11-12,15-16,21,30-31H,1-2,9-10,13-14,17-20,22-25H2,(H,38,49)(H,43,44)(H,45,46)(H,47,48);/q;+2. The number of carbonyl (C=O) groups excluding carboxylic acids is 1. The Balaban J connectivity index is 0.00000676. The van der Waals surface area contributed by atoms with Gasteiger partial charge in [0, 0.05) is 87.6 Å². The van der Waals surface area contributed by atoms with Gasteiger partial charge in [-0.25, -0.2) is 0 Å². The van der Waals surface area contributed by atoms with Crippen molar-refractivity contribution >= 4 is 23.8 Å². The molecule has 0 spiro atoms. The molecule has 1 radical (unpaired) electrons. The summed E-state index contributed by atoms with van der Waals surface area (Å²) in [5.74, 6) is -3.55. The van der Waals surface area contributed by atoms with Crippen LogP contribution < -0.4 is 5.32 Å². The molecule has 2 unspecified atom stereocenters. The third kappa shape index (κ3) is 13.6. The van der Waals surface area contributed by atoms with Crippen molar-refractivity contribution in [1.82, 2.24) is 35.0 Å². The molecular weight excluding hydrogens is 685 g/mol. The largest absolute Gasteiger partial charge is 2.00 e. The van der Waals surface area contributed by atoms with Crippen LogP contribution in [0, 0.1) is 0 Å². The number of carboxylic acids is 3. The summed E-state index contributed by atoms with van der Waals surface area (Å²) in [5, 5.41) is 31.5. The van der Waals surface area contributed by atoms with E-state index in [0.29, 0.717) is 56.7 Å². The fraction of sp³-hybridized carbons (Fsp3) is 0.457. The first-order chi connectivity index (χ1) is 23.7. The zero-order chi connectivity index (χ0) is 35.0. The molecule has 1 amide bonds. The zero-order valence-electron chi connectivity index (χ0n) is 27.9. The Hall–Kier alpha value is -4.27. The van der Waals surface area contributed by atoms with Crippen molar-refractivity contribution in [2.24, 2.45) is 0 Å². The summed E-state index contributed by atoms with van der Waals surface area (Å²) in [6.45, 7) is 1.59. The molecule has 2 atom stereocenters. The van der Waals surface area contributed by atoms with E-state index in [1.165, 1.54) is 11.1 Å². The van der Waals surface area contributed by atoms with E-state index >= 15 is 0 Å². The van der Waals surface area contributed by atoms with Crippen molar-refractivity contribution in [1.29, 1.82) is 0 Å². The summed E-state index contributed by atoms with van der Waals surface area (Å²) in [6, 6.07) is 14.3. The van der Waals surface area contributed by atoms with Gasteiger partial charge in [0.25, 0.3) is 5.91 Å². The van der Waals surface area contributed by atoms with E-state index in [2.05, 4.69) is 25.2 Å². The second-order valence-electron chi connectivity index (χ2n) is 12.2. The Morgan fingerprint density at radius 1 is 0.680 bits per heavy atom. The van der Waals surface area contributed by atoms with Crippen LogP contribution in [-0.2, 0) is 50.8 Å². The Labute approximate surface area is 302 Å². The van der Waals surface area contributed by atoms with Gasteiger partial charge in [0.1, 0.15) is 0 Å². The van der Waals surface area contributed by atoms with Crippen LogP contribution in [-0.4, -0.2) is 127 Å². The van der Waals surface area contributed by atoms with Gasteiger partial charge in [0.05, 0.1) is 30.9 Å². The minimum atomic E-state index is -1.13. The molecule has 0 saturated heterocycles. The second-order valence-corrected chi connectivity index (χ2v) is 12.2. The monoisotopic (exact) mass is 730 g/mol. The van der Waals surface area contributed by atoms with Crippen molar-refractivity contribution < 1.29 is 51.6 Å². The molecule has 1 aliphatic carbocycles. The van der Waals surface area contributed by atoms with Crippen LogP contribution >= 0.6 is 0 Å². The number of carboxylic acid groups (broad SMARTS) is 3. The minimum absolute atomic E-state index is 0. The van der Waals surface area contributed by atoms with Crippen molar-refractivity contribution in [3.8, 4) is 0 Å². The van der Waals surface area contributed by atoms with E-state index in [0.717, 1.165) is 37.2 Å². The van der Waals surface area contributed by atoms with Crippen LogP contribution in [0.4, 0.5) is 0 Å². The van der Waals surface area contributed by atoms with E-state index in [-0.39, 0.29) is 35.6 Å². The predicted octanol–water partition coefficient (Wildman–Crippen LogP) is 2.06. The second kappa shape index (κ2) is 21.1. The fourth-order valence-electron chi connectivity index (χ4n) is 6.32. The summed E-state index contributed by atoms with van der Waals surface area (Å²) in [7, 11) is 0. The molecule has 267 valence electrons. The van der Waals surface area contributed by atoms with Gasteiger partial charge < -0.3 is 20.6 Å². The topological polar surface area (TPSA) is 189 Å². The number of carbonyl (C=O) groups is 4. The van der Waals surface area contributed by atoms with E-state index in [4.69, 9.17) is 0 Å². The molecular formula is C35H45MnN7O7+2. The van der Waals surface area contributed by atoms with Crippen molar-refractivity contribution in [2.45, 2.75) is 57.2 Å². The number of amides is 1. The summed E-state index contributed by atoms with van der Waals surface area (Å²) in [5.41, 5.74) is 3.00. The Morgan fingerprint density at radius 2 is 1.24 bits per heavy atom. The van der Waals surface area contributed by atoms with Crippen molar-refractivity contribution in [3.05, 3.63) is 89.8 Å². The van der Waals surface area contributed by atoms with Gasteiger partial charge in [-0.2, -0.15) is 0 Å². The summed E-state index contributed by atoms with van der Waals surface area (Å²) in [4.78, 5) is 66.6. The average molecular weight is 731 g/mol. The van der Waals surface area contributed by atoms with Gasteiger partial charge >= 0.3 is 35.0 Å². The number of nitrogens with zero attached hydrogens (tertiary/aromatic N) is 6. The van der Waals surface area contributed by atoms with Gasteiger partial charge in [0.15, 0.2) is 0 Å². The molecule has 1 fully saturated rings. The van der Waals surface area contributed by atoms with Gasteiger partial charge in [0.2, 0.25) is 0 Å². The predicted molar refractivity (Wildman–Crippen MR) is 180 cm³/mol. The average Bonchev–Trinajstić information content (AvgIpc) is 3.09. The molecule has 14 nitrogen and oxygen atoms in total. The summed E-state index contributed by atoms with van der Waals surface area (Å²) < 4.78 is 0. The molecule has 3 aromatic heterocycles. The quantitative estimate of drug-likeness (QED) is 0.124. The van der Waals surface area contributed by atoms with Crippen LogP contribution in [0.5, 0.6) is 0 Å². The zero-order valence-corrected chi connectivity index (χ0v) is 29.1. The first-order valence-corrected chi connectivity index (χ1v) is 16.6. The maximum Gasteiger partial charge on any atom is 2.00 e. The number of pyridine rings is 3. The molecule has 0 bridgehead atoms. The fourth-order valence-corrected chi connectivity index (χ4v) is 6.32. The normalized spacial score (nSPS) is 15.8. The number of aliphatic carboxylic acids is 3. The molecule has 0 aliphatic heterocycles. The minimum Gasteiger partial charge on any atom is -0.480 e. The Bertz CT molecular complexity index is 1490. The Morgan fingerprint density at radius 3 is 1.80 bits per heavy atom. The molecule has 0 aromatic carbocycles. The van der Waals surface area contributed by atoms with Crippen LogP contribution in [0.2, 0.25) is 0 Å². The maximum absolute atomic E-state index is 13.0. The molecule has 4 N–H and O–H groups in total. The molecule has 1 saturated carbocycles. The van der Waals surface area contributed by atoms with Crippen LogP contribution in [0.15, 0.2) is 67.1 Å². The molecule has 15 heteroatoms. The number of aromatic nitrogens is 3. The first kappa shape index (κ1) is 40.2. The van der Waals surface area contributed by atoms with Crippen molar-refractivity contribution in [2.75, 3.05) is 45.8 Å². The van der Waals surface area contributed by atoms with E-state index in [1.54, 1.807) is 29.4 Å². The van der Waals surface area contributed by atoms with Crippen LogP contribution in [0.3, 0.4) is 0 Å². The molecule has 4 rings (SSSR count). The van der Waals surface area contributed by atoms with Gasteiger partial charge in [-0.05, 0) is 49.2 Å². The molecule has 3 heterocycles. The molecule has 1 aliphatic rings. The van der Waals surface area contributed by atoms with Gasteiger partial charge in [-0.15, -0.1) is 0 Å². The van der Waals surface area contributed by atoms with E-state index < -0.39 is 37.0 Å². The van der Waals surface area contributed by atoms with Gasteiger partial charge in [-0.1, -0.05) is 25.0 Å². The first-order valence-electron chi connectivity index (χ1n) is 16.6. The number of rotatable bonds is 20. The van der Waals surface area contributed by atoms with E-state index in [9.17, 15) is 34.5 Å². The van der Waals surface area contributed by atoms with Crippen molar-refractivity contribution in [3.63, 3.8) is 0 Å². The number of nitrogens with one attached hydrogen (secondary N) is 1. The molecule has 3 aromatic rings. The summed E-state index contributed by atoms with van der Waals surface area (Å²) in [6.07, 6.45) is 9.05. The summed E-state index contributed by atoms with van der Waals surface area (Å²) >= 11 is 0. The number of hydrogen-bond donors (Lipinski definition) is 4. The SMILES string of the molecule is O=C(O)CN(CCc1ccc(C(=O)NCCN(CCc2ccccn2)Cc2ccccn2)cn1)C1CCCCC1N(CC(=O)O)CC(=O)O.[Mn+2]. The van der Waals surface area contributed by atoms with Crippen LogP contribution in [0.1, 0.15) is 53.1 Å². The molecule has 50 heavy (non-hydrogen) atoms.